The molecule has 2 aliphatic heterocycles. The van der Waals surface area contributed by atoms with Crippen molar-refractivity contribution in [3.63, 3.8) is 0 Å². The van der Waals surface area contributed by atoms with Crippen LogP contribution < -0.4 is 5.32 Å². The van der Waals surface area contributed by atoms with E-state index in [4.69, 9.17) is 0 Å². The second-order valence-corrected chi connectivity index (χ2v) is 3.91. The molecule has 0 aliphatic carbocycles. The summed E-state index contributed by atoms with van der Waals surface area (Å²) in [7, 11) is 0. The Balaban J connectivity index is 2.08. The van der Waals surface area contributed by atoms with Gasteiger partial charge in [-0.05, 0) is 17.2 Å². The fourth-order valence-electron chi connectivity index (χ4n) is 2.15. The number of carbonyl (C=O) groups is 1. The van der Waals surface area contributed by atoms with E-state index in [1.54, 1.807) is 0 Å². The first-order valence-electron chi connectivity index (χ1n) is 5.17. The minimum absolute atomic E-state index is 0.0516. The average Bonchev–Trinajstić information content (AvgIpc) is 2.27. The number of nitrogens with zero attached hydrogens (tertiary/aromatic N) is 1. The molecule has 3 rings (SSSR count). The van der Waals surface area contributed by atoms with Crippen molar-refractivity contribution in [1.29, 1.82) is 0 Å². The Bertz CT molecular complexity index is 451. The number of piperazine rings is 1. The summed E-state index contributed by atoms with van der Waals surface area (Å²) in [6.45, 7) is 2.51. The van der Waals surface area contributed by atoms with Gasteiger partial charge >= 0.3 is 0 Å². The van der Waals surface area contributed by atoms with Crippen LogP contribution in [0.1, 0.15) is 11.1 Å². The molecule has 0 atom stereocenters. The zero-order valence-electron chi connectivity index (χ0n) is 8.36. The smallest absolute Gasteiger partial charge is 0.267 e. The highest BCUT2D eigenvalue weighted by Crippen LogP contribution is 2.25. The first-order valence-corrected chi connectivity index (χ1v) is 5.17. The predicted molar refractivity (Wildman–Crippen MR) is 57.8 cm³/mol. The van der Waals surface area contributed by atoms with E-state index in [1.165, 1.54) is 11.1 Å². The molecule has 1 saturated heterocycles. The summed E-state index contributed by atoms with van der Waals surface area (Å²) in [5, 5.41) is 2.86. The van der Waals surface area contributed by atoms with Crippen LogP contribution in [0.5, 0.6) is 0 Å². The van der Waals surface area contributed by atoms with Crippen molar-refractivity contribution in [3.8, 4) is 0 Å². The summed E-state index contributed by atoms with van der Waals surface area (Å²) in [6.07, 6.45) is 1.98. The van der Waals surface area contributed by atoms with Gasteiger partial charge < -0.3 is 10.2 Å². The number of hydrogen-bond donors (Lipinski definition) is 1. The second kappa shape index (κ2) is 3.12. The van der Waals surface area contributed by atoms with Gasteiger partial charge in [-0.1, -0.05) is 24.3 Å². The summed E-state index contributed by atoms with van der Waals surface area (Å²) in [5.41, 5.74) is 3.27. The summed E-state index contributed by atoms with van der Waals surface area (Å²) in [6, 6.07) is 8.23. The number of nitrogens with one attached hydrogen (secondary N) is 1. The molecule has 3 heteroatoms. The molecule has 1 amide bonds. The molecule has 2 heterocycles. The predicted octanol–water partition coefficient (Wildman–Crippen LogP) is 0.973. The lowest BCUT2D eigenvalue weighted by molar-refractivity contribution is -0.120. The van der Waals surface area contributed by atoms with Gasteiger partial charge in [0.15, 0.2) is 0 Å². The van der Waals surface area contributed by atoms with Gasteiger partial charge in [0.1, 0.15) is 5.70 Å². The number of hydrogen-bond acceptors (Lipinski definition) is 2. The Labute approximate surface area is 88.4 Å². The standard InChI is InChI=1S/C12H12N2O/c15-12-11-7-9-3-1-2-4-10(9)8-14(11)6-5-13-12/h1-4,7H,5-6,8H2,(H,13,15). The van der Waals surface area contributed by atoms with Crippen molar-refractivity contribution in [2.24, 2.45) is 0 Å². The topological polar surface area (TPSA) is 32.3 Å². The molecule has 2 aliphatic rings. The number of benzene rings is 1. The van der Waals surface area contributed by atoms with Gasteiger partial charge in [0, 0.05) is 19.6 Å². The van der Waals surface area contributed by atoms with Gasteiger partial charge in [-0.2, -0.15) is 0 Å². The van der Waals surface area contributed by atoms with Crippen LogP contribution in [0.2, 0.25) is 0 Å². The van der Waals surface area contributed by atoms with Crippen LogP contribution >= 0.6 is 0 Å². The van der Waals surface area contributed by atoms with Crippen molar-refractivity contribution in [1.82, 2.24) is 10.2 Å². The number of fused-ring (bicyclic) bond motifs is 2. The van der Waals surface area contributed by atoms with E-state index >= 15 is 0 Å². The van der Waals surface area contributed by atoms with Crippen molar-refractivity contribution in [2.45, 2.75) is 6.54 Å². The van der Waals surface area contributed by atoms with Crippen molar-refractivity contribution in [2.75, 3.05) is 13.1 Å². The minimum Gasteiger partial charge on any atom is -0.361 e. The normalized spacial score (nSPS) is 18.8. The van der Waals surface area contributed by atoms with Gasteiger partial charge in [0.05, 0.1) is 0 Å². The van der Waals surface area contributed by atoms with Gasteiger partial charge in [0.25, 0.3) is 5.91 Å². The third-order valence-electron chi connectivity index (χ3n) is 2.95. The van der Waals surface area contributed by atoms with Gasteiger partial charge in [0.2, 0.25) is 0 Å². The molecule has 0 spiro atoms. The molecule has 0 bridgehead atoms. The van der Waals surface area contributed by atoms with Crippen LogP contribution in [0.15, 0.2) is 30.0 Å². The number of carbonyl (C=O) groups excluding carboxylic acids is 1. The lowest BCUT2D eigenvalue weighted by Crippen LogP contribution is -2.46. The van der Waals surface area contributed by atoms with Crippen LogP contribution in [-0.4, -0.2) is 23.9 Å². The third kappa shape index (κ3) is 1.31. The molecule has 1 aromatic rings. The molecular formula is C12H12N2O. The van der Waals surface area contributed by atoms with Crippen LogP contribution in [0.4, 0.5) is 0 Å². The third-order valence-corrected chi connectivity index (χ3v) is 2.95. The van der Waals surface area contributed by atoms with E-state index in [0.717, 1.165) is 25.3 Å². The first kappa shape index (κ1) is 8.53. The van der Waals surface area contributed by atoms with E-state index in [2.05, 4.69) is 22.3 Å². The van der Waals surface area contributed by atoms with Gasteiger partial charge in [-0.15, -0.1) is 0 Å². The Morgan fingerprint density at radius 2 is 2.13 bits per heavy atom. The van der Waals surface area contributed by atoms with Crippen molar-refractivity contribution < 1.29 is 4.79 Å². The summed E-state index contributed by atoms with van der Waals surface area (Å²) in [5.74, 6) is 0.0516. The van der Waals surface area contributed by atoms with Crippen molar-refractivity contribution >= 4 is 12.0 Å². The van der Waals surface area contributed by atoms with E-state index in [-0.39, 0.29) is 5.91 Å². The highest BCUT2D eigenvalue weighted by Gasteiger charge is 2.25. The van der Waals surface area contributed by atoms with Gasteiger partial charge in [-0.3, -0.25) is 4.79 Å². The van der Waals surface area contributed by atoms with Crippen LogP contribution in [0.3, 0.4) is 0 Å². The largest absolute Gasteiger partial charge is 0.361 e. The molecule has 76 valence electrons. The maximum atomic E-state index is 11.6. The Morgan fingerprint density at radius 1 is 1.27 bits per heavy atom. The van der Waals surface area contributed by atoms with Gasteiger partial charge in [-0.25, -0.2) is 0 Å². The summed E-state index contributed by atoms with van der Waals surface area (Å²) in [4.78, 5) is 13.8. The molecule has 3 nitrogen and oxygen atoms in total. The molecule has 0 unspecified atom stereocenters. The number of rotatable bonds is 0. The Kier molecular flexibility index (Phi) is 1.78. The Hall–Kier alpha value is -1.77. The molecule has 1 aromatic carbocycles. The fraction of sp³-hybridized carbons (Fsp3) is 0.250. The molecule has 1 fully saturated rings. The highest BCUT2D eigenvalue weighted by molar-refractivity contribution is 5.98. The molecule has 0 radical (unpaired) electrons. The fourth-order valence-corrected chi connectivity index (χ4v) is 2.15. The molecule has 15 heavy (non-hydrogen) atoms. The SMILES string of the molecule is O=C1NCCN2Cc3ccccc3C=C12. The van der Waals surface area contributed by atoms with E-state index in [0.29, 0.717) is 0 Å². The average molecular weight is 200 g/mol. The maximum absolute atomic E-state index is 11.6. The van der Waals surface area contributed by atoms with Crippen LogP contribution in [0, 0.1) is 0 Å². The monoisotopic (exact) mass is 200 g/mol. The Morgan fingerprint density at radius 3 is 3.07 bits per heavy atom. The molecular weight excluding hydrogens is 188 g/mol. The quantitative estimate of drug-likeness (QED) is 0.677. The summed E-state index contributed by atoms with van der Waals surface area (Å²) >= 11 is 0. The van der Waals surface area contributed by atoms with Crippen LogP contribution in [-0.2, 0) is 11.3 Å². The van der Waals surface area contributed by atoms with Crippen LogP contribution in [0.25, 0.3) is 6.08 Å². The zero-order chi connectivity index (χ0) is 10.3. The first-order chi connectivity index (χ1) is 7.34. The van der Waals surface area contributed by atoms with E-state index < -0.39 is 0 Å². The lowest BCUT2D eigenvalue weighted by atomic mass is 10.0. The second-order valence-electron chi connectivity index (χ2n) is 3.91. The van der Waals surface area contributed by atoms with E-state index in [1.807, 2.05) is 18.2 Å². The zero-order valence-corrected chi connectivity index (χ0v) is 8.36. The summed E-state index contributed by atoms with van der Waals surface area (Å²) < 4.78 is 0. The van der Waals surface area contributed by atoms with E-state index in [9.17, 15) is 4.79 Å². The highest BCUT2D eigenvalue weighted by atomic mass is 16.2. The van der Waals surface area contributed by atoms with Crippen molar-refractivity contribution in [3.05, 3.63) is 41.1 Å². The maximum Gasteiger partial charge on any atom is 0.267 e. The number of amides is 1. The minimum atomic E-state index is 0.0516. The molecule has 1 N–H and O–H groups in total. The molecule has 0 saturated carbocycles. The molecule has 0 aromatic heterocycles. The lowest BCUT2D eigenvalue weighted by Gasteiger charge is -2.34.